The van der Waals surface area contributed by atoms with Crippen LogP contribution in [0.3, 0.4) is 0 Å². The van der Waals surface area contributed by atoms with Crippen LogP contribution in [0.4, 0.5) is 0 Å². The molecule has 0 radical (unpaired) electrons. The van der Waals surface area contributed by atoms with Crippen molar-refractivity contribution in [2.24, 2.45) is 0 Å². The highest BCUT2D eigenvalue weighted by atomic mass is 32.2. The molecule has 1 N–H and O–H groups in total. The molecular weight excluding hydrogens is 312 g/mol. The summed E-state index contributed by atoms with van der Waals surface area (Å²) in [5.41, 5.74) is 2.34. The Morgan fingerprint density at radius 2 is 2.04 bits per heavy atom. The van der Waals surface area contributed by atoms with Crippen LogP contribution in [0.15, 0.2) is 41.6 Å². The maximum absolute atomic E-state index is 12.6. The first-order chi connectivity index (χ1) is 10.8. The highest BCUT2D eigenvalue weighted by Gasteiger charge is 2.20. The van der Waals surface area contributed by atoms with Gasteiger partial charge in [-0.3, -0.25) is 4.98 Å². The zero-order valence-corrected chi connectivity index (χ0v) is 14.6. The standard InChI is InChI=1S/C17H22N2O3S/c1-12(2)15-9-17(13(3)8-16(15)22-4)23(20,21)19-11-14-6-5-7-18-10-14/h5-10,12,19H,11H2,1-4H3. The van der Waals surface area contributed by atoms with Crippen molar-refractivity contribution in [2.75, 3.05) is 7.11 Å². The van der Waals surface area contributed by atoms with E-state index >= 15 is 0 Å². The summed E-state index contributed by atoms with van der Waals surface area (Å²) in [6.07, 6.45) is 3.30. The van der Waals surface area contributed by atoms with E-state index in [1.54, 1.807) is 44.6 Å². The minimum absolute atomic E-state index is 0.165. The molecule has 2 aromatic rings. The summed E-state index contributed by atoms with van der Waals surface area (Å²) < 4.78 is 33.2. The Hall–Kier alpha value is -1.92. The number of hydrogen-bond donors (Lipinski definition) is 1. The second-order valence-electron chi connectivity index (χ2n) is 5.70. The molecule has 1 aromatic heterocycles. The van der Waals surface area contributed by atoms with Crippen molar-refractivity contribution < 1.29 is 13.2 Å². The molecule has 1 heterocycles. The average molecular weight is 334 g/mol. The third-order valence-electron chi connectivity index (χ3n) is 3.63. The van der Waals surface area contributed by atoms with Crippen molar-refractivity contribution in [1.82, 2.24) is 9.71 Å². The van der Waals surface area contributed by atoms with E-state index in [0.29, 0.717) is 11.3 Å². The number of methoxy groups -OCH3 is 1. The van der Waals surface area contributed by atoms with Crippen molar-refractivity contribution in [3.63, 3.8) is 0 Å². The van der Waals surface area contributed by atoms with Gasteiger partial charge >= 0.3 is 0 Å². The summed E-state index contributed by atoms with van der Waals surface area (Å²) in [7, 11) is -2.01. The average Bonchev–Trinajstić information content (AvgIpc) is 2.53. The lowest BCUT2D eigenvalue weighted by Crippen LogP contribution is -2.24. The van der Waals surface area contributed by atoms with Crippen molar-refractivity contribution in [1.29, 1.82) is 0 Å². The van der Waals surface area contributed by atoms with E-state index in [1.165, 1.54) is 0 Å². The Labute approximate surface area is 137 Å². The molecule has 0 aliphatic carbocycles. The first-order valence-electron chi connectivity index (χ1n) is 7.42. The molecule has 0 aliphatic heterocycles. The number of nitrogens with one attached hydrogen (secondary N) is 1. The number of aromatic nitrogens is 1. The Kier molecular flexibility index (Phi) is 5.38. The quantitative estimate of drug-likeness (QED) is 0.882. The lowest BCUT2D eigenvalue weighted by Gasteiger charge is -2.16. The van der Waals surface area contributed by atoms with Crippen LogP contribution < -0.4 is 9.46 Å². The van der Waals surface area contributed by atoms with Gasteiger partial charge in [-0.25, -0.2) is 13.1 Å². The van der Waals surface area contributed by atoms with Crippen molar-refractivity contribution in [3.8, 4) is 5.75 Å². The number of nitrogens with zero attached hydrogens (tertiary/aromatic N) is 1. The molecular formula is C17H22N2O3S. The van der Waals surface area contributed by atoms with Gasteiger partial charge in [0.1, 0.15) is 5.75 Å². The molecule has 0 unspecified atom stereocenters. The molecule has 1 aromatic carbocycles. The van der Waals surface area contributed by atoms with Crippen LogP contribution in [0.25, 0.3) is 0 Å². The summed E-state index contributed by atoms with van der Waals surface area (Å²) in [6.45, 7) is 5.99. The SMILES string of the molecule is COc1cc(C)c(S(=O)(=O)NCc2cccnc2)cc1C(C)C. The molecule has 23 heavy (non-hydrogen) atoms. The Morgan fingerprint density at radius 1 is 1.30 bits per heavy atom. The van der Waals surface area contributed by atoms with Crippen molar-refractivity contribution in [2.45, 2.75) is 38.1 Å². The number of rotatable bonds is 6. The maximum Gasteiger partial charge on any atom is 0.241 e. The van der Waals surface area contributed by atoms with Crippen LogP contribution in [0.1, 0.15) is 36.5 Å². The molecule has 0 aliphatic rings. The highest BCUT2D eigenvalue weighted by molar-refractivity contribution is 7.89. The normalized spacial score (nSPS) is 11.7. The first-order valence-corrected chi connectivity index (χ1v) is 8.90. The van der Waals surface area contributed by atoms with E-state index in [0.717, 1.165) is 11.1 Å². The van der Waals surface area contributed by atoms with E-state index in [1.807, 2.05) is 19.9 Å². The van der Waals surface area contributed by atoms with Crippen LogP contribution in [0.5, 0.6) is 5.75 Å². The smallest absolute Gasteiger partial charge is 0.241 e. The van der Waals surface area contributed by atoms with Crippen LogP contribution in [0, 0.1) is 6.92 Å². The Bertz CT molecular complexity index is 772. The zero-order chi connectivity index (χ0) is 17.0. The van der Waals surface area contributed by atoms with Crippen molar-refractivity contribution >= 4 is 10.0 Å². The lowest BCUT2D eigenvalue weighted by molar-refractivity contribution is 0.406. The number of ether oxygens (including phenoxy) is 1. The van der Waals surface area contributed by atoms with Gasteiger partial charge in [-0.05, 0) is 47.7 Å². The molecule has 0 bridgehead atoms. The van der Waals surface area contributed by atoms with Crippen LogP contribution in [0.2, 0.25) is 0 Å². The largest absolute Gasteiger partial charge is 0.496 e. The van der Waals surface area contributed by atoms with Gasteiger partial charge in [0.15, 0.2) is 0 Å². The van der Waals surface area contributed by atoms with E-state index in [9.17, 15) is 8.42 Å². The van der Waals surface area contributed by atoms with Gasteiger partial charge in [-0.2, -0.15) is 0 Å². The van der Waals surface area contributed by atoms with Crippen LogP contribution in [-0.4, -0.2) is 20.5 Å². The fourth-order valence-corrected chi connectivity index (χ4v) is 3.63. The topological polar surface area (TPSA) is 68.3 Å². The second kappa shape index (κ2) is 7.10. The van der Waals surface area contributed by atoms with Crippen LogP contribution in [-0.2, 0) is 16.6 Å². The summed E-state index contributed by atoms with van der Waals surface area (Å²) in [4.78, 5) is 4.27. The predicted molar refractivity (Wildman–Crippen MR) is 90.1 cm³/mol. The molecule has 6 heteroatoms. The minimum Gasteiger partial charge on any atom is -0.496 e. The number of hydrogen-bond acceptors (Lipinski definition) is 4. The molecule has 0 saturated heterocycles. The predicted octanol–water partition coefficient (Wildman–Crippen LogP) is 3.00. The molecule has 0 fully saturated rings. The van der Waals surface area contributed by atoms with E-state index < -0.39 is 10.0 Å². The number of sulfonamides is 1. The summed E-state index contributed by atoms with van der Waals surface area (Å²) in [6, 6.07) is 7.08. The lowest BCUT2D eigenvalue weighted by atomic mass is 10.0. The number of benzene rings is 1. The number of aryl methyl sites for hydroxylation is 1. The highest BCUT2D eigenvalue weighted by Crippen LogP contribution is 2.31. The monoisotopic (exact) mass is 334 g/mol. The van der Waals surface area contributed by atoms with Crippen molar-refractivity contribution in [3.05, 3.63) is 53.3 Å². The summed E-state index contributed by atoms with van der Waals surface area (Å²) in [5, 5.41) is 0. The van der Waals surface area contributed by atoms with E-state index in [-0.39, 0.29) is 17.4 Å². The van der Waals surface area contributed by atoms with Gasteiger partial charge in [0.25, 0.3) is 0 Å². The molecule has 0 saturated carbocycles. The van der Waals surface area contributed by atoms with Gasteiger partial charge in [-0.15, -0.1) is 0 Å². The maximum atomic E-state index is 12.6. The summed E-state index contributed by atoms with van der Waals surface area (Å²) >= 11 is 0. The first kappa shape index (κ1) is 17.4. The van der Waals surface area contributed by atoms with Gasteiger partial charge in [0.2, 0.25) is 10.0 Å². The van der Waals surface area contributed by atoms with Gasteiger partial charge in [-0.1, -0.05) is 19.9 Å². The van der Waals surface area contributed by atoms with Crippen LogP contribution >= 0.6 is 0 Å². The third-order valence-corrected chi connectivity index (χ3v) is 5.17. The molecule has 2 rings (SSSR count). The Morgan fingerprint density at radius 3 is 2.61 bits per heavy atom. The van der Waals surface area contributed by atoms with Gasteiger partial charge in [0, 0.05) is 18.9 Å². The molecule has 0 atom stereocenters. The number of pyridine rings is 1. The minimum atomic E-state index is -3.60. The molecule has 124 valence electrons. The van der Waals surface area contributed by atoms with E-state index in [2.05, 4.69) is 9.71 Å². The fourth-order valence-electron chi connectivity index (χ4n) is 2.35. The molecule has 0 spiro atoms. The van der Waals surface area contributed by atoms with Gasteiger partial charge in [0.05, 0.1) is 12.0 Å². The van der Waals surface area contributed by atoms with E-state index in [4.69, 9.17) is 4.74 Å². The van der Waals surface area contributed by atoms with Gasteiger partial charge < -0.3 is 4.74 Å². The third kappa shape index (κ3) is 4.09. The zero-order valence-electron chi connectivity index (χ0n) is 13.8. The Balaban J connectivity index is 2.33. The summed E-state index contributed by atoms with van der Waals surface area (Å²) in [5.74, 6) is 0.876. The molecule has 5 nitrogen and oxygen atoms in total. The fraction of sp³-hybridized carbons (Fsp3) is 0.353. The second-order valence-corrected chi connectivity index (χ2v) is 7.44. The molecule has 0 amide bonds.